The number of aromatic nitrogens is 3. The van der Waals surface area contributed by atoms with E-state index in [0.29, 0.717) is 17.5 Å². The van der Waals surface area contributed by atoms with Crippen molar-refractivity contribution in [1.29, 1.82) is 0 Å². The third-order valence-electron chi connectivity index (χ3n) is 5.59. The highest BCUT2D eigenvalue weighted by atomic mass is 35.5. The van der Waals surface area contributed by atoms with Crippen LogP contribution in [0.3, 0.4) is 0 Å². The fourth-order valence-electron chi connectivity index (χ4n) is 4.15. The Kier molecular flexibility index (Phi) is 5.13. The lowest BCUT2D eigenvalue weighted by Crippen LogP contribution is -2.31. The van der Waals surface area contributed by atoms with Crippen molar-refractivity contribution < 1.29 is 4.79 Å². The molecule has 0 fully saturated rings. The van der Waals surface area contributed by atoms with Crippen LogP contribution in [-0.2, 0) is 10.5 Å². The lowest BCUT2D eigenvalue weighted by molar-refractivity contribution is -0.116. The maximum atomic E-state index is 12.9. The lowest BCUT2D eigenvalue weighted by atomic mass is 9.84. The SMILES string of the molecule is Cc1ccccc1[C@@H]1C2=C(CCCC2=O)Nc2nc(SCc3cccc(Cl)c3)nn21. The first-order valence-corrected chi connectivity index (χ1v) is 11.4. The number of thioether (sulfide) groups is 1. The molecule has 2 aromatic carbocycles. The highest BCUT2D eigenvalue weighted by Gasteiger charge is 2.37. The highest BCUT2D eigenvalue weighted by molar-refractivity contribution is 7.98. The van der Waals surface area contributed by atoms with Crippen molar-refractivity contribution in [2.75, 3.05) is 5.32 Å². The summed E-state index contributed by atoms with van der Waals surface area (Å²) in [6.07, 6.45) is 2.32. The van der Waals surface area contributed by atoms with Gasteiger partial charge in [-0.3, -0.25) is 4.79 Å². The van der Waals surface area contributed by atoms with Crippen LogP contribution in [0.25, 0.3) is 0 Å². The van der Waals surface area contributed by atoms with E-state index >= 15 is 0 Å². The van der Waals surface area contributed by atoms with Gasteiger partial charge < -0.3 is 5.32 Å². The van der Waals surface area contributed by atoms with Crippen molar-refractivity contribution in [3.8, 4) is 0 Å². The Balaban J connectivity index is 1.52. The molecule has 1 aromatic heterocycles. The zero-order valence-corrected chi connectivity index (χ0v) is 18.1. The normalized spacial score (nSPS) is 18.1. The second-order valence-corrected chi connectivity index (χ2v) is 9.01. The monoisotopic (exact) mass is 436 g/mol. The first-order chi connectivity index (χ1) is 14.6. The number of ketones is 1. The summed E-state index contributed by atoms with van der Waals surface area (Å²) in [6.45, 7) is 2.08. The molecule has 1 aliphatic heterocycles. The number of anilines is 1. The van der Waals surface area contributed by atoms with Crippen LogP contribution in [0.15, 0.2) is 65.0 Å². The van der Waals surface area contributed by atoms with E-state index < -0.39 is 0 Å². The molecule has 2 heterocycles. The summed E-state index contributed by atoms with van der Waals surface area (Å²) in [5.74, 6) is 1.63. The molecule has 1 N–H and O–H groups in total. The van der Waals surface area contributed by atoms with Gasteiger partial charge in [-0.05, 0) is 48.6 Å². The molecule has 1 aliphatic carbocycles. The maximum absolute atomic E-state index is 12.9. The molecule has 0 saturated carbocycles. The van der Waals surface area contributed by atoms with Gasteiger partial charge in [-0.15, -0.1) is 5.10 Å². The number of carbonyl (C=O) groups excluding carboxylic acids is 1. The van der Waals surface area contributed by atoms with Crippen LogP contribution in [0.4, 0.5) is 5.95 Å². The summed E-state index contributed by atoms with van der Waals surface area (Å²) in [4.78, 5) is 17.6. The molecule has 2 aliphatic rings. The number of aryl methyl sites for hydroxylation is 1. The largest absolute Gasteiger partial charge is 0.328 e. The fourth-order valence-corrected chi connectivity index (χ4v) is 5.14. The van der Waals surface area contributed by atoms with Gasteiger partial charge in [0.1, 0.15) is 6.04 Å². The topological polar surface area (TPSA) is 59.8 Å². The number of allylic oxidation sites excluding steroid dienone is 2. The average Bonchev–Trinajstić information content (AvgIpc) is 3.14. The number of rotatable bonds is 4. The number of carbonyl (C=O) groups is 1. The zero-order valence-electron chi connectivity index (χ0n) is 16.6. The Morgan fingerprint density at radius 2 is 2.07 bits per heavy atom. The van der Waals surface area contributed by atoms with Crippen molar-refractivity contribution in [1.82, 2.24) is 14.8 Å². The summed E-state index contributed by atoms with van der Waals surface area (Å²) >= 11 is 7.67. The minimum absolute atomic E-state index is 0.200. The fraction of sp³-hybridized carbons (Fsp3) is 0.261. The first-order valence-electron chi connectivity index (χ1n) is 10.0. The first kappa shape index (κ1) is 19.4. The third-order valence-corrected chi connectivity index (χ3v) is 6.73. The van der Waals surface area contributed by atoms with Gasteiger partial charge in [-0.2, -0.15) is 4.98 Å². The number of fused-ring (bicyclic) bond motifs is 1. The van der Waals surface area contributed by atoms with Gasteiger partial charge in [0, 0.05) is 28.5 Å². The van der Waals surface area contributed by atoms with Crippen LogP contribution in [0, 0.1) is 6.92 Å². The number of nitrogens with one attached hydrogen (secondary N) is 1. The van der Waals surface area contributed by atoms with E-state index in [2.05, 4.69) is 24.4 Å². The van der Waals surface area contributed by atoms with Crippen LogP contribution in [0.2, 0.25) is 5.02 Å². The minimum Gasteiger partial charge on any atom is -0.328 e. The molecule has 0 radical (unpaired) electrons. The van der Waals surface area contributed by atoms with E-state index in [4.69, 9.17) is 21.7 Å². The van der Waals surface area contributed by atoms with Gasteiger partial charge in [0.05, 0.1) is 0 Å². The smallest absolute Gasteiger partial charge is 0.227 e. The highest BCUT2D eigenvalue weighted by Crippen LogP contribution is 2.41. The van der Waals surface area contributed by atoms with Gasteiger partial charge in [-0.25, -0.2) is 4.68 Å². The molecule has 152 valence electrons. The molecule has 3 aromatic rings. The average molecular weight is 437 g/mol. The van der Waals surface area contributed by atoms with E-state index in [0.717, 1.165) is 51.6 Å². The van der Waals surface area contributed by atoms with E-state index in [9.17, 15) is 4.79 Å². The predicted molar refractivity (Wildman–Crippen MR) is 120 cm³/mol. The molecular formula is C23H21ClN4OS. The maximum Gasteiger partial charge on any atom is 0.227 e. The van der Waals surface area contributed by atoms with Crippen LogP contribution in [0.5, 0.6) is 0 Å². The van der Waals surface area contributed by atoms with Gasteiger partial charge in [0.2, 0.25) is 11.1 Å². The Bertz CT molecular complexity index is 1170. The Morgan fingerprint density at radius 3 is 2.90 bits per heavy atom. The molecule has 0 saturated heterocycles. The number of halogens is 1. The second-order valence-electron chi connectivity index (χ2n) is 7.63. The van der Waals surface area contributed by atoms with Crippen LogP contribution >= 0.6 is 23.4 Å². The van der Waals surface area contributed by atoms with Crippen LogP contribution in [-0.4, -0.2) is 20.5 Å². The summed E-state index contributed by atoms with van der Waals surface area (Å²) in [5.41, 5.74) is 5.19. The molecule has 0 bridgehead atoms. The zero-order chi connectivity index (χ0) is 20.7. The van der Waals surface area contributed by atoms with Crippen molar-refractivity contribution in [3.63, 3.8) is 0 Å². The molecule has 5 nitrogen and oxygen atoms in total. The van der Waals surface area contributed by atoms with Gasteiger partial charge in [0.15, 0.2) is 5.78 Å². The second kappa shape index (κ2) is 7.93. The summed E-state index contributed by atoms with van der Waals surface area (Å²) in [7, 11) is 0. The predicted octanol–water partition coefficient (Wildman–Crippen LogP) is 5.55. The Hall–Kier alpha value is -2.57. The number of Topliss-reactive ketones (excluding diaryl/α,β-unsaturated/α-hetero) is 1. The standard InChI is InChI=1S/C23H21ClN4OS/c1-14-6-2-3-9-17(14)21-20-18(10-5-11-19(20)29)25-22-26-23(27-28(21)22)30-13-15-7-4-8-16(24)12-15/h2-4,6-9,12,21H,5,10-11,13H2,1H3,(H,25,26,27)/t21-/m1/s1. The van der Waals surface area contributed by atoms with E-state index in [-0.39, 0.29) is 11.8 Å². The summed E-state index contributed by atoms with van der Waals surface area (Å²) < 4.78 is 1.88. The summed E-state index contributed by atoms with van der Waals surface area (Å²) in [6, 6.07) is 15.8. The van der Waals surface area contributed by atoms with Crippen LogP contribution < -0.4 is 5.32 Å². The van der Waals surface area contributed by atoms with Gasteiger partial charge >= 0.3 is 0 Å². The summed E-state index contributed by atoms with van der Waals surface area (Å²) in [5, 5.41) is 9.60. The van der Waals surface area contributed by atoms with Crippen molar-refractivity contribution in [2.45, 2.75) is 43.1 Å². The molecule has 5 rings (SSSR count). The lowest BCUT2D eigenvalue weighted by Gasteiger charge is -2.32. The number of nitrogens with zero attached hydrogens (tertiary/aromatic N) is 3. The number of benzene rings is 2. The Labute approximate surface area is 184 Å². The van der Waals surface area contributed by atoms with Gasteiger partial charge in [0.25, 0.3) is 0 Å². The van der Waals surface area contributed by atoms with Crippen molar-refractivity contribution in [3.05, 3.63) is 81.5 Å². The quantitative estimate of drug-likeness (QED) is 0.543. The number of hydrogen-bond donors (Lipinski definition) is 1. The number of hydrogen-bond acceptors (Lipinski definition) is 5. The van der Waals surface area contributed by atoms with Crippen LogP contribution in [0.1, 0.15) is 42.0 Å². The third kappa shape index (κ3) is 3.55. The molecular weight excluding hydrogens is 416 g/mol. The molecule has 0 amide bonds. The van der Waals surface area contributed by atoms with Gasteiger partial charge in [-0.1, -0.05) is 59.8 Å². The molecule has 0 spiro atoms. The molecule has 30 heavy (non-hydrogen) atoms. The Morgan fingerprint density at radius 1 is 1.20 bits per heavy atom. The molecule has 0 unspecified atom stereocenters. The van der Waals surface area contributed by atoms with Crippen molar-refractivity contribution >= 4 is 35.1 Å². The van der Waals surface area contributed by atoms with E-state index in [1.807, 2.05) is 41.1 Å². The van der Waals surface area contributed by atoms with E-state index in [1.54, 1.807) is 11.8 Å². The van der Waals surface area contributed by atoms with Crippen molar-refractivity contribution in [2.24, 2.45) is 0 Å². The minimum atomic E-state index is -0.238. The molecule has 7 heteroatoms. The van der Waals surface area contributed by atoms with E-state index in [1.165, 1.54) is 0 Å². The molecule has 1 atom stereocenters.